The lowest BCUT2D eigenvalue weighted by molar-refractivity contribution is 0.0552. The lowest BCUT2D eigenvalue weighted by Crippen LogP contribution is -2.39. The summed E-state index contributed by atoms with van der Waals surface area (Å²) in [7, 11) is 1.56. The van der Waals surface area contributed by atoms with Crippen molar-refractivity contribution in [3.8, 4) is 11.5 Å². The number of hydrogen-bond acceptors (Lipinski definition) is 6. The molecule has 8 nitrogen and oxygen atoms in total. The molecule has 35 heavy (non-hydrogen) atoms. The van der Waals surface area contributed by atoms with Crippen molar-refractivity contribution in [2.24, 2.45) is 0 Å². The number of amides is 2. The molecule has 0 unspecified atom stereocenters. The lowest BCUT2D eigenvalue weighted by Gasteiger charge is -2.22. The number of carbonyl (C=O) groups excluding carboxylic acids is 2. The molecule has 2 saturated heterocycles. The van der Waals surface area contributed by atoms with Crippen LogP contribution >= 0.6 is 0 Å². The van der Waals surface area contributed by atoms with Gasteiger partial charge in [0.2, 0.25) is 0 Å². The second-order valence-corrected chi connectivity index (χ2v) is 8.84. The van der Waals surface area contributed by atoms with Gasteiger partial charge in [0.1, 0.15) is 6.61 Å². The van der Waals surface area contributed by atoms with Gasteiger partial charge < -0.3 is 19.1 Å². The maximum atomic E-state index is 13.3. The maximum Gasteiger partial charge on any atom is 0.410 e. The number of aromatic nitrogens is 1. The summed E-state index contributed by atoms with van der Waals surface area (Å²) < 4.78 is 17.1. The zero-order valence-electron chi connectivity index (χ0n) is 19.6. The molecular weight excluding hydrogens is 446 g/mol. The third-order valence-corrected chi connectivity index (χ3v) is 6.37. The first-order chi connectivity index (χ1) is 17.0. The van der Waals surface area contributed by atoms with E-state index in [4.69, 9.17) is 14.2 Å². The summed E-state index contributed by atoms with van der Waals surface area (Å²) in [5, 5.41) is 0. The minimum Gasteiger partial charge on any atom is -0.493 e. The number of hydrogen-bond donors (Lipinski definition) is 0. The molecule has 1 atom stereocenters. The van der Waals surface area contributed by atoms with Crippen LogP contribution in [-0.2, 0) is 17.9 Å². The fraction of sp³-hybridized carbons (Fsp3) is 0.296. The normalized spacial score (nSPS) is 19.2. The summed E-state index contributed by atoms with van der Waals surface area (Å²) in [4.78, 5) is 33.6. The summed E-state index contributed by atoms with van der Waals surface area (Å²) in [6.45, 7) is 2.09. The van der Waals surface area contributed by atoms with E-state index >= 15 is 0 Å². The van der Waals surface area contributed by atoms with Crippen LogP contribution in [0.4, 0.5) is 4.79 Å². The largest absolute Gasteiger partial charge is 0.493 e. The predicted octanol–water partition coefficient (Wildman–Crippen LogP) is 3.91. The first-order valence-corrected chi connectivity index (χ1v) is 11.6. The molecule has 2 aliphatic heterocycles. The fourth-order valence-electron chi connectivity index (χ4n) is 4.59. The summed E-state index contributed by atoms with van der Waals surface area (Å²) in [6, 6.07) is 20.6. The van der Waals surface area contributed by atoms with Crippen LogP contribution in [0.5, 0.6) is 11.5 Å². The summed E-state index contributed by atoms with van der Waals surface area (Å²) in [6.07, 6.45) is 1.98. The van der Waals surface area contributed by atoms with Crippen LogP contribution in [0.25, 0.3) is 0 Å². The van der Waals surface area contributed by atoms with Gasteiger partial charge in [0.25, 0.3) is 5.91 Å². The Hall–Kier alpha value is -4.07. The highest BCUT2D eigenvalue weighted by Gasteiger charge is 2.50. The van der Waals surface area contributed by atoms with Crippen molar-refractivity contribution >= 4 is 12.0 Å². The number of pyridine rings is 1. The number of nitrogens with zero attached hydrogens (tertiary/aromatic N) is 3. The SMILES string of the molecule is COc1ccc(C(=O)N2CC[C@@]3(CN(Cc4ccccc4)C(=O)O3)C2)cc1OCc1ccccn1. The third-order valence-electron chi connectivity index (χ3n) is 6.37. The summed E-state index contributed by atoms with van der Waals surface area (Å²) >= 11 is 0. The minimum atomic E-state index is -0.674. The van der Waals surface area contributed by atoms with Crippen molar-refractivity contribution in [2.45, 2.75) is 25.2 Å². The Kier molecular flexibility index (Phi) is 6.27. The van der Waals surface area contributed by atoms with Gasteiger partial charge in [0.05, 0.1) is 25.9 Å². The Labute approximate surface area is 204 Å². The smallest absolute Gasteiger partial charge is 0.410 e. The Morgan fingerprint density at radius 3 is 2.66 bits per heavy atom. The zero-order valence-corrected chi connectivity index (χ0v) is 19.6. The second kappa shape index (κ2) is 9.66. The van der Waals surface area contributed by atoms with E-state index in [0.29, 0.717) is 49.7 Å². The molecular formula is C27H27N3O5. The number of ether oxygens (including phenoxy) is 3. The molecule has 1 spiro atoms. The predicted molar refractivity (Wildman–Crippen MR) is 128 cm³/mol. The van der Waals surface area contributed by atoms with E-state index in [9.17, 15) is 9.59 Å². The molecule has 0 aliphatic carbocycles. The fourth-order valence-corrected chi connectivity index (χ4v) is 4.59. The minimum absolute atomic E-state index is 0.134. The van der Waals surface area contributed by atoms with Crippen LogP contribution in [0.1, 0.15) is 28.0 Å². The molecule has 8 heteroatoms. The van der Waals surface area contributed by atoms with Gasteiger partial charge in [-0.15, -0.1) is 0 Å². The van der Waals surface area contributed by atoms with E-state index in [1.165, 1.54) is 0 Å². The molecule has 2 fully saturated rings. The molecule has 3 aromatic rings. The van der Waals surface area contributed by atoms with Crippen molar-refractivity contribution < 1.29 is 23.8 Å². The van der Waals surface area contributed by atoms with Gasteiger partial charge in [0, 0.05) is 31.3 Å². The van der Waals surface area contributed by atoms with Gasteiger partial charge in [-0.3, -0.25) is 14.7 Å². The van der Waals surface area contributed by atoms with Gasteiger partial charge in [-0.1, -0.05) is 36.4 Å². The maximum absolute atomic E-state index is 13.3. The standard InChI is InChI=1S/C27H27N3O5/c1-33-23-11-10-21(15-24(23)34-17-22-9-5-6-13-28-22)25(31)29-14-12-27(18-29)19-30(26(32)35-27)16-20-7-3-2-4-8-20/h2-11,13,15H,12,14,16-19H2,1H3/t27-/m0/s1. The van der Waals surface area contributed by atoms with Gasteiger partial charge in [-0.2, -0.15) is 0 Å². The van der Waals surface area contributed by atoms with E-state index in [-0.39, 0.29) is 18.6 Å². The van der Waals surface area contributed by atoms with Crippen LogP contribution in [0, 0.1) is 0 Å². The Balaban J connectivity index is 1.26. The van der Waals surface area contributed by atoms with Crippen molar-refractivity contribution in [1.82, 2.24) is 14.8 Å². The van der Waals surface area contributed by atoms with E-state index < -0.39 is 5.60 Å². The van der Waals surface area contributed by atoms with Crippen molar-refractivity contribution in [3.05, 3.63) is 89.7 Å². The molecule has 0 radical (unpaired) electrons. The zero-order chi connectivity index (χ0) is 24.3. The summed E-state index contributed by atoms with van der Waals surface area (Å²) in [5.74, 6) is 0.876. The van der Waals surface area contributed by atoms with Crippen LogP contribution in [0.3, 0.4) is 0 Å². The summed E-state index contributed by atoms with van der Waals surface area (Å²) in [5.41, 5.74) is 1.64. The van der Waals surface area contributed by atoms with E-state index in [2.05, 4.69) is 4.98 Å². The highest BCUT2D eigenvalue weighted by atomic mass is 16.6. The number of carbonyl (C=O) groups is 2. The number of benzene rings is 2. The first kappa shape index (κ1) is 22.7. The Bertz CT molecular complexity index is 1200. The van der Waals surface area contributed by atoms with Crippen LogP contribution in [0.2, 0.25) is 0 Å². The van der Waals surface area contributed by atoms with Crippen molar-refractivity contribution in [3.63, 3.8) is 0 Å². The van der Waals surface area contributed by atoms with E-state index in [0.717, 1.165) is 11.3 Å². The molecule has 2 aliphatic rings. The lowest BCUT2D eigenvalue weighted by atomic mass is 10.0. The average Bonchev–Trinajstić information content (AvgIpc) is 3.44. The van der Waals surface area contributed by atoms with Gasteiger partial charge in [-0.25, -0.2) is 4.79 Å². The molecule has 1 aromatic heterocycles. The molecule has 2 amide bonds. The molecule has 2 aromatic carbocycles. The van der Waals surface area contributed by atoms with Gasteiger partial charge in [0.15, 0.2) is 17.1 Å². The average molecular weight is 474 g/mol. The molecule has 5 rings (SSSR count). The van der Waals surface area contributed by atoms with Gasteiger partial charge >= 0.3 is 6.09 Å². The van der Waals surface area contributed by atoms with E-state index in [1.54, 1.807) is 41.3 Å². The first-order valence-electron chi connectivity index (χ1n) is 11.6. The number of rotatable bonds is 7. The van der Waals surface area contributed by atoms with Crippen LogP contribution in [-0.4, -0.2) is 59.1 Å². The molecule has 3 heterocycles. The molecule has 0 saturated carbocycles. The highest BCUT2D eigenvalue weighted by molar-refractivity contribution is 5.95. The second-order valence-electron chi connectivity index (χ2n) is 8.84. The van der Waals surface area contributed by atoms with Crippen molar-refractivity contribution in [2.75, 3.05) is 26.7 Å². The molecule has 0 bridgehead atoms. The monoisotopic (exact) mass is 473 g/mol. The number of likely N-dealkylation sites (tertiary alicyclic amines) is 1. The molecule has 0 N–H and O–H groups in total. The Morgan fingerprint density at radius 1 is 1.06 bits per heavy atom. The van der Waals surface area contributed by atoms with Crippen molar-refractivity contribution in [1.29, 1.82) is 0 Å². The van der Waals surface area contributed by atoms with Crippen LogP contribution in [0.15, 0.2) is 72.9 Å². The molecule has 180 valence electrons. The quantitative estimate of drug-likeness (QED) is 0.518. The van der Waals surface area contributed by atoms with Gasteiger partial charge in [-0.05, 0) is 35.9 Å². The highest BCUT2D eigenvalue weighted by Crippen LogP contribution is 2.35. The van der Waals surface area contributed by atoms with Crippen LogP contribution < -0.4 is 9.47 Å². The Morgan fingerprint density at radius 2 is 1.89 bits per heavy atom. The number of methoxy groups -OCH3 is 1. The van der Waals surface area contributed by atoms with E-state index in [1.807, 2.05) is 48.5 Å². The third kappa shape index (κ3) is 4.91. The topological polar surface area (TPSA) is 81.2 Å².